The van der Waals surface area contributed by atoms with Crippen LogP contribution in [0.15, 0.2) is 23.0 Å². The number of nitrogens with zero attached hydrogens (tertiary/aromatic N) is 2. The molecule has 1 N–H and O–H groups in total. The number of fused-ring (bicyclic) bond motifs is 1. The summed E-state index contributed by atoms with van der Waals surface area (Å²) < 4.78 is 0. The molecule has 0 radical (unpaired) electrons. The molecule has 2 aromatic carbocycles. The van der Waals surface area contributed by atoms with Gasteiger partial charge in [0.05, 0.1) is 30.5 Å². The van der Waals surface area contributed by atoms with Crippen LogP contribution >= 0.6 is 58.0 Å². The number of hydrogen-bond donors (Lipinski definition) is 1. The quantitative estimate of drug-likeness (QED) is 0.452. The molecule has 0 spiro atoms. The van der Waals surface area contributed by atoms with Gasteiger partial charge in [-0.05, 0) is 11.6 Å². The second-order valence-electron chi connectivity index (χ2n) is 4.29. The van der Waals surface area contributed by atoms with E-state index in [4.69, 9.17) is 58.0 Å². The molecule has 1 aromatic heterocycles. The largest absolute Gasteiger partial charge is 0.275 e. The fraction of sp³-hybridized carbons (Fsp3) is 0. The number of halogens is 5. The monoisotopic (exact) mass is 393 g/mol. The molecular weight excluding hydrogens is 391 g/mol. The smallest absolute Gasteiger partial charge is 0.267 e. The van der Waals surface area contributed by atoms with Gasteiger partial charge in [-0.25, -0.2) is 5.10 Å². The second kappa shape index (κ2) is 5.87. The van der Waals surface area contributed by atoms with Gasteiger partial charge in [0, 0.05) is 5.56 Å². The first-order chi connectivity index (χ1) is 10.4. The van der Waals surface area contributed by atoms with Crippen LogP contribution in [0.2, 0.25) is 25.1 Å². The maximum Gasteiger partial charge on any atom is 0.275 e. The maximum absolute atomic E-state index is 12.1. The highest BCUT2D eigenvalue weighted by molar-refractivity contribution is 6.56. The Hall–Kier alpha value is -1.04. The Bertz CT molecular complexity index is 936. The minimum absolute atomic E-state index is 0.0519. The van der Waals surface area contributed by atoms with Crippen LogP contribution in [0.5, 0.6) is 0 Å². The molecule has 1 heterocycles. The molecule has 0 saturated heterocycles. The van der Waals surface area contributed by atoms with E-state index in [0.717, 1.165) is 0 Å². The summed E-state index contributed by atoms with van der Waals surface area (Å²) in [5.74, 6) is 0. The van der Waals surface area contributed by atoms with Crippen molar-refractivity contribution in [3.8, 4) is 11.1 Å². The van der Waals surface area contributed by atoms with Crippen molar-refractivity contribution in [2.45, 2.75) is 0 Å². The van der Waals surface area contributed by atoms with Gasteiger partial charge in [-0.1, -0.05) is 75.4 Å². The van der Waals surface area contributed by atoms with E-state index in [1.807, 2.05) is 0 Å². The summed E-state index contributed by atoms with van der Waals surface area (Å²) in [5.41, 5.74) is 0.696. The lowest BCUT2D eigenvalue weighted by Gasteiger charge is -2.13. The Kier molecular flexibility index (Phi) is 4.23. The standard InChI is InChI=1S/C13H4Cl5N3O/c14-8-7(9(15)11(17)12(18)10(8)16)4-2-1-3-5-6(4)13(22)20-21-19-5/h1-3H,(H,19,20,22). The summed E-state index contributed by atoms with van der Waals surface area (Å²) in [7, 11) is 0. The molecule has 0 fully saturated rings. The highest BCUT2D eigenvalue weighted by Gasteiger charge is 2.22. The summed E-state index contributed by atoms with van der Waals surface area (Å²) in [6, 6.07) is 4.99. The summed E-state index contributed by atoms with van der Waals surface area (Å²) >= 11 is 30.6. The number of rotatable bonds is 1. The Balaban J connectivity index is 2.52. The average molecular weight is 395 g/mol. The third-order valence-corrected chi connectivity index (χ3v) is 5.33. The summed E-state index contributed by atoms with van der Waals surface area (Å²) in [5, 5.41) is 10.3. The number of hydrogen-bond acceptors (Lipinski definition) is 3. The zero-order chi connectivity index (χ0) is 16.0. The van der Waals surface area contributed by atoms with Crippen molar-refractivity contribution in [1.82, 2.24) is 15.4 Å². The Morgan fingerprint density at radius 3 is 2.09 bits per heavy atom. The zero-order valence-corrected chi connectivity index (χ0v) is 14.2. The molecule has 0 aliphatic carbocycles. The Labute approximate surface area is 148 Å². The molecule has 0 aliphatic heterocycles. The van der Waals surface area contributed by atoms with E-state index < -0.39 is 5.56 Å². The molecular formula is C13H4Cl5N3O. The molecule has 0 bridgehead atoms. The Morgan fingerprint density at radius 1 is 0.864 bits per heavy atom. The van der Waals surface area contributed by atoms with Crippen LogP contribution < -0.4 is 5.56 Å². The van der Waals surface area contributed by atoms with Crippen LogP contribution in [0.4, 0.5) is 0 Å². The molecule has 0 aliphatic rings. The molecule has 9 heteroatoms. The predicted octanol–water partition coefficient (Wildman–Crippen LogP) is 5.25. The SMILES string of the molecule is O=c1[nH]nnc2cccc(-c3c(Cl)c(Cl)c(Cl)c(Cl)c3Cl)c12. The third kappa shape index (κ3) is 2.36. The molecule has 3 rings (SSSR count). The van der Waals surface area contributed by atoms with Gasteiger partial charge in [0.1, 0.15) is 5.52 Å². The lowest BCUT2D eigenvalue weighted by atomic mass is 10.0. The van der Waals surface area contributed by atoms with Crippen molar-refractivity contribution in [1.29, 1.82) is 0 Å². The van der Waals surface area contributed by atoms with Crippen molar-refractivity contribution < 1.29 is 0 Å². The fourth-order valence-corrected chi connectivity index (χ4v) is 3.43. The van der Waals surface area contributed by atoms with Crippen LogP contribution in [-0.2, 0) is 0 Å². The van der Waals surface area contributed by atoms with Crippen LogP contribution in [0.3, 0.4) is 0 Å². The molecule has 0 atom stereocenters. The third-order valence-electron chi connectivity index (χ3n) is 3.06. The molecule has 3 aromatic rings. The van der Waals surface area contributed by atoms with Gasteiger partial charge in [0.25, 0.3) is 5.56 Å². The van der Waals surface area contributed by atoms with Crippen molar-refractivity contribution in [3.63, 3.8) is 0 Å². The van der Waals surface area contributed by atoms with E-state index in [1.165, 1.54) is 0 Å². The van der Waals surface area contributed by atoms with Crippen LogP contribution in [0.1, 0.15) is 0 Å². The average Bonchev–Trinajstić information content (AvgIpc) is 2.51. The number of aromatic nitrogens is 3. The number of H-pyrrole nitrogens is 1. The Morgan fingerprint density at radius 2 is 1.45 bits per heavy atom. The van der Waals surface area contributed by atoms with Crippen molar-refractivity contribution in [3.05, 3.63) is 53.7 Å². The number of benzene rings is 2. The van der Waals surface area contributed by atoms with E-state index in [-0.39, 0.29) is 30.5 Å². The van der Waals surface area contributed by atoms with Crippen LogP contribution in [0, 0.1) is 0 Å². The topological polar surface area (TPSA) is 58.6 Å². The lowest BCUT2D eigenvalue weighted by Crippen LogP contribution is -2.11. The summed E-state index contributed by atoms with van der Waals surface area (Å²) in [6.07, 6.45) is 0. The van der Waals surface area contributed by atoms with Crippen LogP contribution in [-0.4, -0.2) is 15.4 Å². The van der Waals surface area contributed by atoms with Gasteiger partial charge in [0.2, 0.25) is 0 Å². The van der Waals surface area contributed by atoms with Crippen molar-refractivity contribution in [2.75, 3.05) is 0 Å². The van der Waals surface area contributed by atoms with E-state index in [1.54, 1.807) is 18.2 Å². The number of nitrogens with one attached hydrogen (secondary N) is 1. The molecule has 4 nitrogen and oxygen atoms in total. The first-order valence-corrected chi connectivity index (χ1v) is 7.68. The van der Waals surface area contributed by atoms with Gasteiger partial charge in [-0.2, -0.15) is 0 Å². The van der Waals surface area contributed by atoms with Crippen molar-refractivity contribution >= 4 is 68.9 Å². The second-order valence-corrected chi connectivity index (χ2v) is 6.18. The molecule has 0 amide bonds. The van der Waals surface area contributed by atoms with Gasteiger partial charge >= 0.3 is 0 Å². The van der Waals surface area contributed by atoms with E-state index in [9.17, 15) is 4.79 Å². The van der Waals surface area contributed by atoms with Gasteiger partial charge in [0.15, 0.2) is 0 Å². The van der Waals surface area contributed by atoms with Crippen molar-refractivity contribution in [2.24, 2.45) is 0 Å². The molecule has 112 valence electrons. The fourth-order valence-electron chi connectivity index (χ4n) is 2.09. The van der Waals surface area contributed by atoms with Gasteiger partial charge in [-0.3, -0.25) is 4.79 Å². The van der Waals surface area contributed by atoms with E-state index >= 15 is 0 Å². The van der Waals surface area contributed by atoms with Crippen LogP contribution in [0.25, 0.3) is 22.0 Å². The first kappa shape index (κ1) is 15.8. The summed E-state index contributed by atoms with van der Waals surface area (Å²) in [4.78, 5) is 12.1. The van der Waals surface area contributed by atoms with Gasteiger partial charge in [-0.15, -0.1) is 5.10 Å². The summed E-state index contributed by atoms with van der Waals surface area (Å²) in [6.45, 7) is 0. The highest BCUT2D eigenvalue weighted by atomic mass is 35.5. The minimum atomic E-state index is -0.435. The lowest BCUT2D eigenvalue weighted by molar-refractivity contribution is 0.872. The predicted molar refractivity (Wildman–Crippen MR) is 90.6 cm³/mol. The number of aromatic amines is 1. The van der Waals surface area contributed by atoms with E-state index in [0.29, 0.717) is 16.6 Å². The normalized spacial score (nSPS) is 11.1. The maximum atomic E-state index is 12.1. The molecule has 0 saturated carbocycles. The zero-order valence-electron chi connectivity index (χ0n) is 10.4. The molecule has 22 heavy (non-hydrogen) atoms. The van der Waals surface area contributed by atoms with Gasteiger partial charge < -0.3 is 0 Å². The minimum Gasteiger partial charge on any atom is -0.267 e. The first-order valence-electron chi connectivity index (χ1n) is 5.79. The molecule has 0 unspecified atom stereocenters. The van der Waals surface area contributed by atoms with E-state index in [2.05, 4.69) is 15.4 Å². The highest BCUT2D eigenvalue weighted by Crippen LogP contribution is 2.48.